The van der Waals surface area contributed by atoms with Gasteiger partial charge in [0.15, 0.2) is 0 Å². The molecule has 0 saturated heterocycles. The first-order chi connectivity index (χ1) is 15.5. The summed E-state index contributed by atoms with van der Waals surface area (Å²) in [6.45, 7) is 2.42. The van der Waals surface area contributed by atoms with Gasteiger partial charge >= 0.3 is 0 Å². The zero-order valence-electron chi connectivity index (χ0n) is 18.6. The molecule has 1 amide bonds. The number of benzene rings is 2. The normalized spacial score (nSPS) is 26.9. The fourth-order valence-corrected chi connectivity index (χ4v) is 6.44. The SMILES string of the molecule is CC12CCC(NC(=O)c3c(C4CC4)c(-c4ccccc4)nc4ccc(I)cc34)(CC1)CC2. The van der Waals surface area contributed by atoms with E-state index in [1.807, 2.05) is 6.07 Å². The molecule has 7 rings (SSSR count). The monoisotopic (exact) mass is 536 g/mol. The van der Waals surface area contributed by atoms with Crippen LogP contribution in [0.2, 0.25) is 0 Å². The standard InChI is InChI=1S/C28H29IN2O/c1-27-11-14-28(15-12-27,16-13-27)31-26(32)24-21-17-20(29)9-10-22(21)30-25(23(24)18-7-8-18)19-5-3-2-4-6-19/h2-6,9-10,17-18H,7-8,11-16H2,1H3,(H,31,32). The van der Waals surface area contributed by atoms with E-state index >= 15 is 0 Å². The van der Waals surface area contributed by atoms with Gasteiger partial charge in [0.2, 0.25) is 0 Å². The highest BCUT2D eigenvalue weighted by atomic mass is 127. The van der Waals surface area contributed by atoms with Crippen LogP contribution in [0.4, 0.5) is 0 Å². The quantitative estimate of drug-likeness (QED) is 0.358. The Balaban J connectivity index is 1.51. The average Bonchev–Trinajstić information content (AvgIpc) is 3.65. The summed E-state index contributed by atoms with van der Waals surface area (Å²) in [7, 11) is 0. The maximum absolute atomic E-state index is 14.1. The van der Waals surface area contributed by atoms with E-state index in [4.69, 9.17) is 4.98 Å². The first-order valence-corrected chi connectivity index (χ1v) is 13.0. The Labute approximate surface area is 203 Å². The lowest BCUT2D eigenvalue weighted by atomic mass is 9.58. The van der Waals surface area contributed by atoms with E-state index in [1.54, 1.807) is 0 Å². The predicted octanol–water partition coefficient (Wildman–Crippen LogP) is 7.23. The highest BCUT2D eigenvalue weighted by molar-refractivity contribution is 14.1. The Hall–Kier alpha value is -1.95. The molecule has 2 bridgehead atoms. The molecule has 2 aromatic carbocycles. The molecule has 4 saturated carbocycles. The molecule has 32 heavy (non-hydrogen) atoms. The molecule has 4 aliphatic carbocycles. The summed E-state index contributed by atoms with van der Waals surface area (Å²) in [6, 6.07) is 16.7. The minimum absolute atomic E-state index is 0.0277. The molecule has 1 N–H and O–H groups in total. The number of nitrogens with zero attached hydrogens (tertiary/aromatic N) is 1. The third-order valence-corrected chi connectivity index (χ3v) is 8.92. The summed E-state index contributed by atoms with van der Waals surface area (Å²) in [5, 5.41) is 4.60. The van der Waals surface area contributed by atoms with Crippen molar-refractivity contribution in [2.24, 2.45) is 5.41 Å². The Morgan fingerprint density at radius 2 is 1.69 bits per heavy atom. The number of amides is 1. The second-order valence-corrected chi connectivity index (χ2v) is 11.8. The maximum atomic E-state index is 14.1. The number of pyridine rings is 1. The van der Waals surface area contributed by atoms with Crippen LogP contribution in [0.15, 0.2) is 48.5 Å². The summed E-state index contributed by atoms with van der Waals surface area (Å²) < 4.78 is 1.14. The number of fused-ring (bicyclic) bond motifs is 4. The molecule has 0 spiro atoms. The van der Waals surface area contributed by atoms with Crippen LogP contribution < -0.4 is 5.32 Å². The van der Waals surface area contributed by atoms with E-state index < -0.39 is 0 Å². The van der Waals surface area contributed by atoms with E-state index in [1.165, 1.54) is 19.3 Å². The fraction of sp³-hybridized carbons (Fsp3) is 0.429. The summed E-state index contributed by atoms with van der Waals surface area (Å²) in [4.78, 5) is 19.2. The summed E-state index contributed by atoms with van der Waals surface area (Å²) >= 11 is 2.35. The van der Waals surface area contributed by atoms with Gasteiger partial charge in [-0.25, -0.2) is 4.98 Å². The van der Waals surface area contributed by atoms with E-state index in [0.29, 0.717) is 11.3 Å². The Kier molecular flexibility index (Phi) is 4.87. The van der Waals surface area contributed by atoms with E-state index in [-0.39, 0.29) is 11.4 Å². The fourth-order valence-electron chi connectivity index (χ4n) is 5.94. The number of nitrogens with one attached hydrogen (secondary N) is 1. The van der Waals surface area contributed by atoms with Crippen molar-refractivity contribution in [2.75, 3.05) is 0 Å². The number of hydrogen-bond acceptors (Lipinski definition) is 2. The van der Waals surface area contributed by atoms with Gasteiger partial charge in [-0.2, -0.15) is 0 Å². The van der Waals surface area contributed by atoms with Crippen LogP contribution in [-0.4, -0.2) is 16.4 Å². The third kappa shape index (κ3) is 3.55. The highest BCUT2D eigenvalue weighted by Crippen LogP contribution is 2.52. The Morgan fingerprint density at radius 1 is 1.00 bits per heavy atom. The van der Waals surface area contributed by atoms with Gasteiger partial charge in [0, 0.05) is 20.1 Å². The molecule has 0 radical (unpaired) electrons. The lowest BCUT2D eigenvalue weighted by Crippen LogP contribution is -2.56. The maximum Gasteiger partial charge on any atom is 0.252 e. The van der Waals surface area contributed by atoms with Crippen molar-refractivity contribution >= 4 is 39.4 Å². The molecular weight excluding hydrogens is 507 g/mol. The molecule has 164 valence electrons. The van der Waals surface area contributed by atoms with Gasteiger partial charge in [-0.15, -0.1) is 0 Å². The third-order valence-electron chi connectivity index (χ3n) is 8.24. The zero-order valence-corrected chi connectivity index (χ0v) is 20.7. The number of carbonyl (C=O) groups excluding carboxylic acids is 1. The lowest BCUT2D eigenvalue weighted by Gasteiger charge is -2.52. The smallest absolute Gasteiger partial charge is 0.252 e. The van der Waals surface area contributed by atoms with Gasteiger partial charge in [-0.1, -0.05) is 37.3 Å². The first kappa shape index (κ1) is 20.6. The zero-order chi connectivity index (χ0) is 21.9. The van der Waals surface area contributed by atoms with Crippen molar-refractivity contribution in [3.05, 3.63) is 63.2 Å². The Bertz CT molecular complexity index is 1190. The van der Waals surface area contributed by atoms with Gasteiger partial charge in [0.05, 0.1) is 16.8 Å². The van der Waals surface area contributed by atoms with Crippen LogP contribution in [-0.2, 0) is 0 Å². The van der Waals surface area contributed by atoms with Crippen LogP contribution in [0, 0.1) is 8.99 Å². The van der Waals surface area contributed by atoms with Crippen molar-refractivity contribution < 1.29 is 4.79 Å². The molecule has 4 aliphatic rings. The van der Waals surface area contributed by atoms with Gasteiger partial charge in [-0.3, -0.25) is 4.79 Å². The van der Waals surface area contributed by atoms with Crippen molar-refractivity contribution in [3.63, 3.8) is 0 Å². The van der Waals surface area contributed by atoms with Gasteiger partial charge in [0.25, 0.3) is 5.91 Å². The molecule has 4 heteroatoms. The van der Waals surface area contributed by atoms with Crippen molar-refractivity contribution in [1.82, 2.24) is 10.3 Å². The molecule has 0 unspecified atom stereocenters. The van der Waals surface area contributed by atoms with Crippen LogP contribution in [0.1, 0.15) is 80.1 Å². The van der Waals surface area contributed by atoms with Crippen LogP contribution in [0.3, 0.4) is 0 Å². The van der Waals surface area contributed by atoms with Gasteiger partial charge in [-0.05, 0) is 109 Å². The summed E-state index contributed by atoms with van der Waals surface area (Å²) in [6.07, 6.45) is 9.30. The molecule has 1 heterocycles. The predicted molar refractivity (Wildman–Crippen MR) is 138 cm³/mol. The molecule has 4 fully saturated rings. The van der Waals surface area contributed by atoms with Crippen LogP contribution >= 0.6 is 22.6 Å². The minimum Gasteiger partial charge on any atom is -0.347 e. The van der Waals surface area contributed by atoms with E-state index in [0.717, 1.165) is 69.0 Å². The van der Waals surface area contributed by atoms with Crippen LogP contribution in [0.5, 0.6) is 0 Å². The van der Waals surface area contributed by atoms with Gasteiger partial charge in [0.1, 0.15) is 0 Å². The number of carbonyl (C=O) groups is 1. The highest BCUT2D eigenvalue weighted by Gasteiger charge is 2.47. The summed E-state index contributed by atoms with van der Waals surface area (Å²) in [5.74, 6) is 0.545. The lowest BCUT2D eigenvalue weighted by molar-refractivity contribution is 0.0339. The number of rotatable bonds is 4. The minimum atomic E-state index is -0.0277. The van der Waals surface area contributed by atoms with Crippen LogP contribution in [0.25, 0.3) is 22.2 Å². The van der Waals surface area contributed by atoms with Crippen molar-refractivity contribution in [1.29, 1.82) is 0 Å². The second-order valence-electron chi connectivity index (χ2n) is 10.6. The number of aromatic nitrogens is 1. The van der Waals surface area contributed by atoms with Crippen molar-refractivity contribution in [3.8, 4) is 11.3 Å². The molecular formula is C28H29IN2O. The first-order valence-electron chi connectivity index (χ1n) is 12.0. The molecule has 0 atom stereocenters. The second kappa shape index (κ2) is 7.54. The van der Waals surface area contributed by atoms with Crippen molar-refractivity contribution in [2.45, 2.75) is 69.7 Å². The van der Waals surface area contributed by atoms with Gasteiger partial charge < -0.3 is 5.32 Å². The molecule has 3 aromatic rings. The Morgan fingerprint density at radius 3 is 2.34 bits per heavy atom. The molecule has 0 aliphatic heterocycles. The topological polar surface area (TPSA) is 42.0 Å². The average molecular weight is 536 g/mol. The number of halogens is 1. The summed E-state index contributed by atoms with van der Waals surface area (Å²) in [5.41, 5.74) is 5.51. The van der Waals surface area contributed by atoms with E-state index in [2.05, 4.69) is 77.3 Å². The van der Waals surface area contributed by atoms with E-state index in [9.17, 15) is 4.79 Å². The largest absolute Gasteiger partial charge is 0.347 e. The molecule has 1 aromatic heterocycles. The molecule has 3 nitrogen and oxygen atoms in total. The number of hydrogen-bond donors (Lipinski definition) is 1.